The van der Waals surface area contributed by atoms with Crippen LogP contribution >= 0.6 is 20.1 Å². The summed E-state index contributed by atoms with van der Waals surface area (Å²) in [6.07, 6.45) is 0. The van der Waals surface area contributed by atoms with Crippen molar-refractivity contribution in [3.05, 3.63) is 0 Å². The minimum atomic E-state index is -2.44. The molecular formula is AlCl2O-. The Morgan fingerprint density at radius 3 is 1.50 bits per heavy atom. The lowest BCUT2D eigenvalue weighted by atomic mass is 16.0. The fraction of sp³-hybridized carbons (Fsp3) is 0. The van der Waals surface area contributed by atoms with Crippen LogP contribution in [0.4, 0.5) is 0 Å². The average Bonchev–Trinajstić information content (AvgIpc) is 0.811. The molecule has 0 unspecified atom stereocenters. The largest absolute Gasteiger partial charge is 0.671 e. The summed E-state index contributed by atoms with van der Waals surface area (Å²) in [4.78, 5) is 0. The molecule has 0 radical (unpaired) electrons. The predicted molar refractivity (Wildman–Crippen MR) is 18.1 cm³/mol. The van der Waals surface area contributed by atoms with Crippen molar-refractivity contribution in [1.82, 2.24) is 0 Å². The van der Waals surface area contributed by atoms with Gasteiger partial charge in [0.2, 0.25) is 0 Å². The van der Waals surface area contributed by atoms with E-state index in [0.29, 0.717) is 0 Å². The van der Waals surface area contributed by atoms with E-state index < -0.39 is 12.2 Å². The Kier molecular flexibility index (Phi) is 2.66. The van der Waals surface area contributed by atoms with E-state index in [1.165, 1.54) is 0 Å². The lowest BCUT2D eigenvalue weighted by molar-refractivity contribution is 0.582. The Balaban J connectivity index is 2.80. The third-order valence-corrected chi connectivity index (χ3v) is 0. The van der Waals surface area contributed by atoms with Gasteiger partial charge in [-0.25, -0.2) is 0 Å². The Bertz CT molecular complexity index is 29.0. The lowest BCUT2D eigenvalue weighted by Crippen LogP contribution is -1.59. The van der Waals surface area contributed by atoms with Gasteiger partial charge in [0, 0.05) is 0 Å². The molecule has 1 nitrogen and oxygen atoms in total. The first-order valence-corrected chi connectivity index (χ1v) is 4.64. The molecule has 0 amide bonds. The first kappa shape index (κ1) is 4.91. The lowest BCUT2D eigenvalue weighted by Gasteiger charge is -1.65. The van der Waals surface area contributed by atoms with Gasteiger partial charge in [-0.05, 0) is 0 Å². The maximum Gasteiger partial charge on any atom is 0.449 e. The highest BCUT2D eigenvalue weighted by Gasteiger charge is 1.65. The maximum atomic E-state index is 9.20. The van der Waals surface area contributed by atoms with Crippen LogP contribution in [0.1, 0.15) is 0 Å². The number of hydrogen-bond donors (Lipinski definition) is 0. The summed E-state index contributed by atoms with van der Waals surface area (Å²) in [6, 6.07) is 0. The summed E-state index contributed by atoms with van der Waals surface area (Å²) in [6.45, 7) is 0. The first-order chi connectivity index (χ1) is 1.73. The molecule has 24 valence electrons. The second-order valence-corrected chi connectivity index (χ2v) is 3.83. The van der Waals surface area contributed by atoms with Gasteiger partial charge in [-0.2, -0.15) is 0 Å². The van der Waals surface area contributed by atoms with Gasteiger partial charge in [0.1, 0.15) is 0 Å². The summed E-state index contributed by atoms with van der Waals surface area (Å²) < 4.78 is 9.20. The van der Waals surface area contributed by atoms with Crippen molar-refractivity contribution in [2.45, 2.75) is 0 Å². The van der Waals surface area contributed by atoms with Crippen molar-refractivity contribution < 1.29 is 3.80 Å². The minimum absolute atomic E-state index is 2.44. The van der Waals surface area contributed by atoms with Crippen LogP contribution in [-0.4, -0.2) is 12.2 Å². The summed E-state index contributed by atoms with van der Waals surface area (Å²) in [5.41, 5.74) is 0. The van der Waals surface area contributed by atoms with Crippen molar-refractivity contribution in [3.63, 3.8) is 0 Å². The Morgan fingerprint density at radius 1 is 1.50 bits per heavy atom. The molecule has 0 spiro atoms. The van der Waals surface area contributed by atoms with Crippen molar-refractivity contribution in [2.75, 3.05) is 0 Å². The molecule has 4 heavy (non-hydrogen) atoms. The van der Waals surface area contributed by atoms with Gasteiger partial charge in [0.15, 0.2) is 0 Å². The second kappa shape index (κ2) is 2.17. The molecule has 0 aliphatic rings. The molecule has 0 N–H and O–H groups in total. The molecule has 0 saturated heterocycles. The molecule has 4 heteroatoms. The third kappa shape index (κ3) is 12.8. The van der Waals surface area contributed by atoms with E-state index in [1.807, 2.05) is 0 Å². The fourth-order valence-electron chi connectivity index (χ4n) is 0. The van der Waals surface area contributed by atoms with Crippen molar-refractivity contribution >= 4 is 32.3 Å². The molecule has 0 rings (SSSR count). The van der Waals surface area contributed by atoms with Crippen molar-refractivity contribution in [1.29, 1.82) is 0 Å². The van der Waals surface area contributed by atoms with Gasteiger partial charge in [-0.3, -0.25) is 0 Å². The maximum absolute atomic E-state index is 9.20. The van der Waals surface area contributed by atoms with Crippen molar-refractivity contribution in [3.8, 4) is 0 Å². The van der Waals surface area contributed by atoms with Gasteiger partial charge in [-0.1, -0.05) is 0 Å². The van der Waals surface area contributed by atoms with Crippen LogP contribution in [0.2, 0.25) is 0 Å². The molecule has 0 heterocycles. The van der Waals surface area contributed by atoms with Crippen LogP contribution < -0.4 is 0 Å². The van der Waals surface area contributed by atoms with Gasteiger partial charge in [0.05, 0.1) is 0 Å². The van der Waals surface area contributed by atoms with Gasteiger partial charge >= 0.3 is 12.2 Å². The molecule has 0 aromatic heterocycles. The third-order valence-electron chi connectivity index (χ3n) is 0. The molecule has 0 aromatic carbocycles. The van der Waals surface area contributed by atoms with Crippen LogP contribution in [0.5, 0.6) is 0 Å². The van der Waals surface area contributed by atoms with E-state index in [1.54, 1.807) is 0 Å². The molecule has 0 aliphatic carbocycles. The Labute approximate surface area is 36.5 Å². The molecule has 0 aromatic rings. The van der Waals surface area contributed by atoms with Crippen molar-refractivity contribution in [2.24, 2.45) is 0 Å². The second-order valence-electron chi connectivity index (χ2n) is 0.261. The first-order valence-electron chi connectivity index (χ1n) is 0.672. The smallest absolute Gasteiger partial charge is 0.449 e. The highest BCUT2D eigenvalue weighted by Crippen LogP contribution is 1.76. The Morgan fingerprint density at radius 2 is 1.50 bits per heavy atom. The quantitative estimate of drug-likeness (QED) is 0.427. The molecule has 0 atom stereocenters. The topological polar surface area (TPSA) is 17.1 Å². The predicted octanol–water partition coefficient (Wildman–Crippen LogP) is 0.879. The van der Waals surface area contributed by atoms with E-state index in [2.05, 4.69) is 20.1 Å². The molecule has 0 aliphatic heterocycles. The molecule has 0 saturated carbocycles. The highest BCUT2D eigenvalue weighted by atomic mass is 35.7. The number of halogens is 2. The zero-order valence-corrected chi connectivity index (χ0v) is 4.41. The summed E-state index contributed by atoms with van der Waals surface area (Å²) in [7, 11) is 9.25. The van der Waals surface area contributed by atoms with E-state index >= 15 is 0 Å². The van der Waals surface area contributed by atoms with Crippen LogP contribution in [0.25, 0.3) is 0 Å². The standard InChI is InChI=1S/Al.2ClH.O/h;2*1H;/q+1;;;/p-2. The van der Waals surface area contributed by atoms with Crippen LogP contribution in [0, 0.1) is 0 Å². The van der Waals surface area contributed by atoms with Gasteiger partial charge < -0.3 is 23.9 Å². The summed E-state index contributed by atoms with van der Waals surface area (Å²) in [5, 5.41) is 0. The summed E-state index contributed by atoms with van der Waals surface area (Å²) in [5.74, 6) is 0. The minimum Gasteiger partial charge on any atom is -0.671 e. The molecular weight excluding hydrogens is 114 g/mol. The summed E-state index contributed by atoms with van der Waals surface area (Å²) >= 11 is -2.44. The zero-order valence-electron chi connectivity index (χ0n) is 1.74. The molecule has 0 fully saturated rings. The van der Waals surface area contributed by atoms with E-state index in [9.17, 15) is 3.80 Å². The Hall–Kier alpha value is 0.912. The van der Waals surface area contributed by atoms with E-state index in [-0.39, 0.29) is 0 Å². The SMILES string of the molecule is [O]=[Al-]([Cl])[Cl]. The van der Waals surface area contributed by atoms with Gasteiger partial charge in [0.25, 0.3) is 0 Å². The zero-order chi connectivity index (χ0) is 3.58. The highest BCUT2D eigenvalue weighted by molar-refractivity contribution is 7.26. The normalized spacial score (nSPS) is 6.50. The average molecular weight is 114 g/mol. The van der Waals surface area contributed by atoms with Crippen LogP contribution in [0.15, 0.2) is 0 Å². The number of hydrogen-bond acceptors (Lipinski definition) is 1. The van der Waals surface area contributed by atoms with Gasteiger partial charge in [-0.15, -0.1) is 0 Å². The van der Waals surface area contributed by atoms with E-state index in [4.69, 9.17) is 0 Å². The monoisotopic (exact) mass is 113 g/mol. The molecule has 0 bridgehead atoms. The van der Waals surface area contributed by atoms with Crippen LogP contribution in [0.3, 0.4) is 0 Å². The fourth-order valence-corrected chi connectivity index (χ4v) is 0. The van der Waals surface area contributed by atoms with Crippen LogP contribution in [-0.2, 0) is 3.80 Å². The van der Waals surface area contributed by atoms with E-state index in [0.717, 1.165) is 0 Å². The number of rotatable bonds is 0.